The number of aromatic nitrogens is 2. The molecule has 0 aliphatic heterocycles. The summed E-state index contributed by atoms with van der Waals surface area (Å²) in [5.41, 5.74) is 1.62. The number of nitrogens with one attached hydrogen (secondary N) is 1. The van der Waals surface area contributed by atoms with Gasteiger partial charge in [0.1, 0.15) is 7.85 Å². The molecule has 0 saturated carbocycles. The van der Waals surface area contributed by atoms with Gasteiger partial charge in [-0.05, 0) is 35.1 Å². The summed E-state index contributed by atoms with van der Waals surface area (Å²) in [7, 11) is 4.73. The largest absolute Gasteiger partial charge is 0.324 e. The van der Waals surface area contributed by atoms with E-state index in [9.17, 15) is 4.21 Å². The van der Waals surface area contributed by atoms with E-state index < -0.39 is 10.8 Å². The van der Waals surface area contributed by atoms with Gasteiger partial charge in [0.15, 0.2) is 0 Å². The molecule has 0 amide bonds. The molecule has 0 aliphatic rings. The molecule has 0 spiro atoms. The Labute approximate surface area is 136 Å². The lowest BCUT2D eigenvalue weighted by Crippen LogP contribution is -1.98. The van der Waals surface area contributed by atoms with E-state index in [1.165, 1.54) is 11.3 Å². The van der Waals surface area contributed by atoms with Crippen molar-refractivity contribution in [2.45, 2.75) is 4.90 Å². The van der Waals surface area contributed by atoms with Crippen LogP contribution in [0.1, 0.15) is 0 Å². The van der Waals surface area contributed by atoms with E-state index >= 15 is 0 Å². The molecule has 22 heavy (non-hydrogen) atoms. The van der Waals surface area contributed by atoms with E-state index in [4.69, 9.17) is 7.85 Å². The Hall–Kier alpha value is -1.99. The number of thiophene rings is 1. The Morgan fingerprint density at radius 3 is 2.82 bits per heavy atom. The van der Waals surface area contributed by atoms with Crippen molar-refractivity contribution in [3.63, 3.8) is 0 Å². The van der Waals surface area contributed by atoms with E-state index in [-0.39, 0.29) is 0 Å². The van der Waals surface area contributed by atoms with E-state index in [0.717, 1.165) is 25.9 Å². The zero-order valence-corrected chi connectivity index (χ0v) is 13.4. The third-order valence-electron chi connectivity index (χ3n) is 2.96. The second kappa shape index (κ2) is 6.42. The van der Waals surface area contributed by atoms with E-state index in [0.29, 0.717) is 5.95 Å². The number of rotatable bonds is 4. The minimum Gasteiger partial charge on any atom is -0.324 e. The molecular formula is C15H12BN3OS2. The first-order valence-corrected chi connectivity index (χ1v) is 8.88. The summed E-state index contributed by atoms with van der Waals surface area (Å²) >= 11 is 1.48. The summed E-state index contributed by atoms with van der Waals surface area (Å²) in [6.07, 6.45) is 3.35. The summed E-state index contributed by atoms with van der Waals surface area (Å²) in [6.45, 7) is 0. The van der Waals surface area contributed by atoms with Crippen LogP contribution in [0.4, 0.5) is 11.6 Å². The highest BCUT2D eigenvalue weighted by molar-refractivity contribution is 7.84. The van der Waals surface area contributed by atoms with Gasteiger partial charge in [-0.2, -0.15) is 11.3 Å². The third kappa shape index (κ3) is 3.43. The molecule has 7 heteroatoms. The van der Waals surface area contributed by atoms with Crippen molar-refractivity contribution in [1.29, 1.82) is 0 Å². The molecule has 1 aromatic carbocycles. The Balaban J connectivity index is 1.87. The van der Waals surface area contributed by atoms with Gasteiger partial charge < -0.3 is 5.32 Å². The Morgan fingerprint density at radius 1 is 1.23 bits per heavy atom. The van der Waals surface area contributed by atoms with Crippen LogP contribution < -0.4 is 10.1 Å². The lowest BCUT2D eigenvalue weighted by Gasteiger charge is -2.07. The van der Waals surface area contributed by atoms with Gasteiger partial charge in [0.2, 0.25) is 5.95 Å². The van der Waals surface area contributed by atoms with Crippen molar-refractivity contribution in [1.82, 2.24) is 9.97 Å². The second-order valence-corrected chi connectivity index (χ2v) is 7.07. The van der Waals surface area contributed by atoms with Crippen LogP contribution in [-0.2, 0) is 10.8 Å². The highest BCUT2D eigenvalue weighted by atomic mass is 32.2. The first kappa shape index (κ1) is 14.9. The van der Waals surface area contributed by atoms with Crippen LogP contribution in [0.3, 0.4) is 0 Å². The Bertz CT molecular complexity index is 835. The number of benzene rings is 1. The normalized spacial score (nSPS) is 12.0. The SMILES string of the molecule is [B]c1ccc(-c2ccnc(Nc3cccc(S(C)=O)c3)n2)s1. The van der Waals surface area contributed by atoms with Crippen LogP contribution in [0, 0.1) is 0 Å². The lowest BCUT2D eigenvalue weighted by molar-refractivity contribution is 0.687. The topological polar surface area (TPSA) is 54.9 Å². The van der Waals surface area contributed by atoms with Crippen molar-refractivity contribution in [2.24, 2.45) is 0 Å². The van der Waals surface area contributed by atoms with Gasteiger partial charge in [-0.15, -0.1) is 0 Å². The van der Waals surface area contributed by atoms with Crippen molar-refractivity contribution in [3.8, 4) is 10.6 Å². The molecule has 4 nitrogen and oxygen atoms in total. The minimum absolute atomic E-state index is 0.489. The van der Waals surface area contributed by atoms with Gasteiger partial charge in [-0.25, -0.2) is 9.97 Å². The van der Waals surface area contributed by atoms with Crippen molar-refractivity contribution in [3.05, 3.63) is 48.7 Å². The predicted molar refractivity (Wildman–Crippen MR) is 92.8 cm³/mol. The smallest absolute Gasteiger partial charge is 0.227 e. The van der Waals surface area contributed by atoms with Crippen LogP contribution >= 0.6 is 11.3 Å². The van der Waals surface area contributed by atoms with Crippen molar-refractivity contribution < 1.29 is 4.21 Å². The third-order valence-corrected chi connectivity index (χ3v) is 4.81. The molecule has 1 N–H and O–H groups in total. The molecule has 0 bridgehead atoms. The maximum absolute atomic E-state index is 11.5. The van der Waals surface area contributed by atoms with Crippen molar-refractivity contribution >= 4 is 46.4 Å². The summed E-state index contributed by atoms with van der Waals surface area (Å²) in [4.78, 5) is 10.4. The van der Waals surface area contributed by atoms with Gasteiger partial charge in [-0.3, -0.25) is 4.21 Å². The van der Waals surface area contributed by atoms with Gasteiger partial charge in [0.25, 0.3) is 0 Å². The number of nitrogens with zero attached hydrogens (tertiary/aromatic N) is 2. The molecule has 2 aromatic heterocycles. The average Bonchev–Trinajstić information content (AvgIpc) is 2.94. The zero-order chi connectivity index (χ0) is 15.5. The molecule has 0 aliphatic carbocycles. The quantitative estimate of drug-likeness (QED) is 0.749. The molecule has 2 radical (unpaired) electrons. The van der Waals surface area contributed by atoms with Crippen LogP contribution in [0.15, 0.2) is 53.6 Å². The minimum atomic E-state index is -1.02. The fraction of sp³-hybridized carbons (Fsp3) is 0.0667. The summed E-state index contributed by atoms with van der Waals surface area (Å²) in [5.74, 6) is 0.489. The predicted octanol–water partition coefficient (Wildman–Crippen LogP) is 2.48. The standard InChI is InChI=1S/C15H12BN3OS2/c1-22(20)11-4-2-3-10(9-11)18-15-17-8-7-12(19-15)13-5-6-14(16)21-13/h2-9H,1H3,(H,17,18,19). The maximum Gasteiger partial charge on any atom is 0.227 e. The van der Waals surface area contributed by atoms with Gasteiger partial charge in [0.05, 0.1) is 10.6 Å². The molecular weight excluding hydrogens is 313 g/mol. The van der Waals surface area contributed by atoms with E-state index in [1.807, 2.05) is 42.5 Å². The molecule has 2 heterocycles. The molecule has 1 atom stereocenters. The van der Waals surface area contributed by atoms with Crippen LogP contribution in [-0.4, -0.2) is 28.3 Å². The molecule has 0 fully saturated rings. The Morgan fingerprint density at radius 2 is 2.09 bits per heavy atom. The molecule has 0 saturated heterocycles. The molecule has 3 aromatic rings. The van der Waals surface area contributed by atoms with E-state index in [2.05, 4.69) is 15.3 Å². The fourth-order valence-corrected chi connectivity index (χ4v) is 3.24. The van der Waals surface area contributed by atoms with Crippen molar-refractivity contribution in [2.75, 3.05) is 11.6 Å². The summed E-state index contributed by atoms with van der Waals surface area (Å²) in [6, 6.07) is 13.0. The number of hydrogen-bond acceptors (Lipinski definition) is 5. The number of hydrogen-bond donors (Lipinski definition) is 1. The molecule has 1 unspecified atom stereocenters. The molecule has 3 rings (SSSR count). The zero-order valence-electron chi connectivity index (χ0n) is 11.8. The summed E-state index contributed by atoms with van der Waals surface area (Å²) < 4.78 is 12.3. The highest BCUT2D eigenvalue weighted by Gasteiger charge is 2.05. The van der Waals surface area contributed by atoms with Crippen LogP contribution in [0.25, 0.3) is 10.6 Å². The first-order chi connectivity index (χ1) is 10.6. The van der Waals surface area contributed by atoms with Gasteiger partial charge in [-0.1, -0.05) is 12.1 Å². The van der Waals surface area contributed by atoms with Gasteiger partial charge >= 0.3 is 0 Å². The lowest BCUT2D eigenvalue weighted by atomic mass is 10.1. The first-order valence-electron chi connectivity index (χ1n) is 6.51. The van der Waals surface area contributed by atoms with Crippen LogP contribution in [0.2, 0.25) is 0 Å². The molecule has 108 valence electrons. The van der Waals surface area contributed by atoms with E-state index in [1.54, 1.807) is 12.5 Å². The number of anilines is 2. The summed E-state index contributed by atoms with van der Waals surface area (Å²) in [5, 5.41) is 3.13. The second-order valence-electron chi connectivity index (χ2n) is 4.57. The highest BCUT2D eigenvalue weighted by Crippen LogP contribution is 2.23. The average molecular weight is 325 g/mol. The van der Waals surface area contributed by atoms with Gasteiger partial charge in [0, 0.05) is 33.8 Å². The monoisotopic (exact) mass is 325 g/mol. The fourth-order valence-electron chi connectivity index (χ4n) is 1.93. The maximum atomic E-state index is 11.5. The Kier molecular flexibility index (Phi) is 4.35. The van der Waals surface area contributed by atoms with Crippen LogP contribution in [0.5, 0.6) is 0 Å².